The third-order valence-corrected chi connectivity index (χ3v) is 1.93. The molecule has 1 aromatic carbocycles. The minimum atomic E-state index is -0.384. The van der Waals surface area contributed by atoms with E-state index in [4.69, 9.17) is 0 Å². The maximum atomic E-state index is 12.9. The van der Waals surface area contributed by atoms with Crippen LogP contribution in [-0.2, 0) is 6.42 Å². The van der Waals surface area contributed by atoms with E-state index >= 15 is 0 Å². The van der Waals surface area contributed by atoms with Gasteiger partial charge in [0, 0.05) is 0 Å². The summed E-state index contributed by atoms with van der Waals surface area (Å²) in [5, 5.41) is 0. The molecule has 3 heteroatoms. The van der Waals surface area contributed by atoms with Crippen LogP contribution in [0.2, 0.25) is 0 Å². The SMILES string of the molecule is Fc1ccc(F)c(CCCS)c1. The van der Waals surface area contributed by atoms with E-state index < -0.39 is 0 Å². The summed E-state index contributed by atoms with van der Waals surface area (Å²) >= 11 is 3.99. The van der Waals surface area contributed by atoms with E-state index in [1.165, 1.54) is 6.07 Å². The molecule has 0 saturated carbocycles. The third kappa shape index (κ3) is 2.48. The van der Waals surface area contributed by atoms with Gasteiger partial charge in [0.25, 0.3) is 0 Å². The first-order valence-corrected chi connectivity index (χ1v) is 4.42. The van der Waals surface area contributed by atoms with Gasteiger partial charge in [-0.25, -0.2) is 8.78 Å². The molecule has 66 valence electrons. The Morgan fingerprint density at radius 3 is 2.67 bits per heavy atom. The molecule has 0 aliphatic carbocycles. The van der Waals surface area contributed by atoms with Gasteiger partial charge in [0.2, 0.25) is 0 Å². The van der Waals surface area contributed by atoms with Crippen LogP contribution in [0, 0.1) is 11.6 Å². The van der Waals surface area contributed by atoms with Crippen LogP contribution in [0.4, 0.5) is 8.78 Å². The van der Waals surface area contributed by atoms with Crippen LogP contribution >= 0.6 is 12.6 Å². The molecule has 0 aliphatic heterocycles. The van der Waals surface area contributed by atoms with Crippen molar-refractivity contribution in [2.75, 3.05) is 5.75 Å². The molecule has 12 heavy (non-hydrogen) atoms. The summed E-state index contributed by atoms with van der Waals surface area (Å²) in [6, 6.07) is 3.52. The van der Waals surface area contributed by atoms with Crippen LogP contribution in [0.5, 0.6) is 0 Å². The van der Waals surface area contributed by atoms with E-state index in [0.717, 1.165) is 18.6 Å². The van der Waals surface area contributed by atoms with Crippen molar-refractivity contribution in [3.05, 3.63) is 35.4 Å². The molecular weight excluding hydrogens is 178 g/mol. The minimum absolute atomic E-state index is 0.335. The lowest BCUT2D eigenvalue weighted by Gasteiger charge is -2.00. The molecule has 0 nitrogen and oxygen atoms in total. The fourth-order valence-corrected chi connectivity index (χ4v) is 1.16. The first kappa shape index (κ1) is 9.52. The van der Waals surface area contributed by atoms with Crippen molar-refractivity contribution < 1.29 is 8.78 Å². The number of hydrogen-bond acceptors (Lipinski definition) is 1. The van der Waals surface area contributed by atoms with Crippen LogP contribution in [-0.4, -0.2) is 5.75 Å². The van der Waals surface area contributed by atoms with Gasteiger partial charge in [-0.1, -0.05) is 0 Å². The van der Waals surface area contributed by atoms with Crippen molar-refractivity contribution in [2.45, 2.75) is 12.8 Å². The van der Waals surface area contributed by atoms with Crippen molar-refractivity contribution in [1.82, 2.24) is 0 Å². The fourth-order valence-electron chi connectivity index (χ4n) is 1.00. The minimum Gasteiger partial charge on any atom is -0.207 e. The lowest BCUT2D eigenvalue weighted by molar-refractivity contribution is 0.583. The predicted molar refractivity (Wildman–Crippen MR) is 48.5 cm³/mol. The predicted octanol–water partition coefficient (Wildman–Crippen LogP) is 2.83. The Labute approximate surface area is 76.0 Å². The Balaban J connectivity index is 2.75. The standard InChI is InChI=1S/C9H10F2S/c10-8-3-4-9(11)7(6-8)2-1-5-12/h3-4,6,12H,1-2,5H2. The summed E-state index contributed by atoms with van der Waals surface area (Å²) in [5.74, 6) is -0.0283. The second kappa shape index (κ2) is 4.45. The first-order valence-electron chi connectivity index (χ1n) is 3.79. The molecule has 0 aliphatic rings. The van der Waals surface area contributed by atoms with Gasteiger partial charge in [-0.3, -0.25) is 0 Å². The van der Waals surface area contributed by atoms with Crippen molar-refractivity contribution in [2.24, 2.45) is 0 Å². The maximum Gasteiger partial charge on any atom is 0.126 e. The zero-order valence-corrected chi connectivity index (χ0v) is 7.45. The number of hydrogen-bond donors (Lipinski definition) is 1. The van der Waals surface area contributed by atoms with Gasteiger partial charge in [-0.15, -0.1) is 0 Å². The molecule has 0 saturated heterocycles. The van der Waals surface area contributed by atoms with E-state index in [0.29, 0.717) is 17.7 Å². The van der Waals surface area contributed by atoms with Crippen LogP contribution in [0.15, 0.2) is 18.2 Å². The Kier molecular flexibility index (Phi) is 3.53. The third-order valence-electron chi connectivity index (χ3n) is 1.61. The normalized spacial score (nSPS) is 10.2. The van der Waals surface area contributed by atoms with E-state index in [9.17, 15) is 8.78 Å². The van der Waals surface area contributed by atoms with Crippen LogP contribution < -0.4 is 0 Å². The zero-order chi connectivity index (χ0) is 8.97. The molecule has 1 rings (SSSR count). The molecule has 0 atom stereocenters. The Hall–Kier alpha value is -0.570. The number of aryl methyl sites for hydroxylation is 1. The van der Waals surface area contributed by atoms with E-state index in [2.05, 4.69) is 12.6 Å². The molecule has 1 aromatic rings. The average Bonchev–Trinajstić information content (AvgIpc) is 2.07. The van der Waals surface area contributed by atoms with Gasteiger partial charge >= 0.3 is 0 Å². The van der Waals surface area contributed by atoms with Crippen LogP contribution in [0.25, 0.3) is 0 Å². The number of benzene rings is 1. The summed E-state index contributed by atoms with van der Waals surface area (Å²) in [6.45, 7) is 0. The van der Waals surface area contributed by atoms with E-state index in [1.807, 2.05) is 0 Å². The highest BCUT2D eigenvalue weighted by atomic mass is 32.1. The highest BCUT2D eigenvalue weighted by Crippen LogP contribution is 2.11. The van der Waals surface area contributed by atoms with Crippen molar-refractivity contribution in [3.63, 3.8) is 0 Å². The summed E-state index contributed by atoms with van der Waals surface area (Å²) in [4.78, 5) is 0. The molecule has 0 spiro atoms. The Bertz CT molecular complexity index is 261. The molecule has 0 amide bonds. The molecule has 0 fully saturated rings. The average molecular weight is 188 g/mol. The van der Waals surface area contributed by atoms with Gasteiger partial charge < -0.3 is 0 Å². The van der Waals surface area contributed by atoms with Gasteiger partial charge in [0.1, 0.15) is 11.6 Å². The summed E-state index contributed by atoms with van der Waals surface area (Å²) in [6.07, 6.45) is 1.32. The zero-order valence-electron chi connectivity index (χ0n) is 6.56. The lowest BCUT2D eigenvalue weighted by atomic mass is 10.1. The molecule has 0 aromatic heterocycles. The number of rotatable bonds is 3. The Morgan fingerprint density at radius 2 is 2.00 bits per heavy atom. The van der Waals surface area contributed by atoms with Gasteiger partial charge in [-0.05, 0) is 42.4 Å². The van der Waals surface area contributed by atoms with Gasteiger partial charge in [0.15, 0.2) is 0 Å². The smallest absolute Gasteiger partial charge is 0.126 e. The maximum absolute atomic E-state index is 12.9. The van der Waals surface area contributed by atoms with E-state index in [-0.39, 0.29) is 11.6 Å². The Morgan fingerprint density at radius 1 is 1.25 bits per heavy atom. The highest BCUT2D eigenvalue weighted by Gasteiger charge is 2.02. The quantitative estimate of drug-likeness (QED) is 0.693. The number of halogens is 2. The molecule has 0 heterocycles. The topological polar surface area (TPSA) is 0 Å². The summed E-state index contributed by atoms with van der Waals surface area (Å²) in [5.41, 5.74) is 0.434. The molecule has 0 N–H and O–H groups in total. The van der Waals surface area contributed by atoms with Gasteiger partial charge in [0.05, 0.1) is 0 Å². The fraction of sp³-hybridized carbons (Fsp3) is 0.333. The summed E-state index contributed by atoms with van der Waals surface area (Å²) < 4.78 is 25.5. The molecular formula is C9H10F2S. The van der Waals surface area contributed by atoms with Crippen molar-refractivity contribution in [1.29, 1.82) is 0 Å². The second-order valence-electron chi connectivity index (χ2n) is 2.56. The molecule has 0 unspecified atom stereocenters. The van der Waals surface area contributed by atoms with Crippen molar-refractivity contribution >= 4 is 12.6 Å². The molecule has 0 radical (unpaired) electrons. The van der Waals surface area contributed by atoms with Crippen molar-refractivity contribution in [3.8, 4) is 0 Å². The highest BCUT2D eigenvalue weighted by molar-refractivity contribution is 7.80. The van der Waals surface area contributed by atoms with E-state index in [1.54, 1.807) is 0 Å². The molecule has 0 bridgehead atoms. The van der Waals surface area contributed by atoms with Gasteiger partial charge in [-0.2, -0.15) is 12.6 Å². The monoisotopic (exact) mass is 188 g/mol. The number of thiol groups is 1. The second-order valence-corrected chi connectivity index (χ2v) is 3.01. The van der Waals surface area contributed by atoms with Crippen LogP contribution in [0.3, 0.4) is 0 Å². The lowest BCUT2D eigenvalue weighted by Crippen LogP contribution is -1.92. The van der Waals surface area contributed by atoms with Crippen LogP contribution in [0.1, 0.15) is 12.0 Å². The first-order chi connectivity index (χ1) is 5.74. The largest absolute Gasteiger partial charge is 0.207 e. The summed E-state index contributed by atoms with van der Waals surface area (Å²) in [7, 11) is 0.